The molecule has 16 heavy (non-hydrogen) atoms. The molecule has 0 aliphatic heterocycles. The van der Waals surface area contributed by atoms with Gasteiger partial charge in [-0.05, 0) is 50.5 Å². The molecule has 2 nitrogen and oxygen atoms in total. The molecule has 0 N–H and O–H groups in total. The number of allylic oxidation sites excluding steroid dienone is 1. The Balaban J connectivity index is 2.32. The zero-order valence-corrected chi connectivity index (χ0v) is 9.74. The van der Waals surface area contributed by atoms with Gasteiger partial charge in [0, 0.05) is 5.56 Å². The number of benzene rings is 1. The molecule has 86 valence electrons. The van der Waals surface area contributed by atoms with Gasteiger partial charge in [0.25, 0.3) is 0 Å². The zero-order valence-electron chi connectivity index (χ0n) is 9.74. The van der Waals surface area contributed by atoms with Gasteiger partial charge in [-0.15, -0.1) is 6.58 Å². The lowest BCUT2D eigenvalue weighted by atomic mass is 10.1. The van der Waals surface area contributed by atoms with Crippen molar-refractivity contribution in [3.63, 3.8) is 0 Å². The maximum Gasteiger partial charge on any atom is 0.159 e. The number of ether oxygens (including phenoxy) is 1. The van der Waals surface area contributed by atoms with Gasteiger partial charge in [0.1, 0.15) is 5.75 Å². The molecule has 1 aromatic carbocycles. The van der Waals surface area contributed by atoms with Crippen molar-refractivity contribution in [1.82, 2.24) is 0 Å². The molecule has 0 aliphatic carbocycles. The number of hydrogen-bond acceptors (Lipinski definition) is 2. The van der Waals surface area contributed by atoms with Gasteiger partial charge >= 0.3 is 0 Å². The topological polar surface area (TPSA) is 26.3 Å². The van der Waals surface area contributed by atoms with Crippen LogP contribution >= 0.6 is 0 Å². The summed E-state index contributed by atoms with van der Waals surface area (Å²) in [7, 11) is 0. The normalized spacial score (nSPS) is 9.81. The summed E-state index contributed by atoms with van der Waals surface area (Å²) in [5.74, 6) is 0.904. The van der Waals surface area contributed by atoms with E-state index in [4.69, 9.17) is 4.74 Å². The molecule has 0 saturated carbocycles. The van der Waals surface area contributed by atoms with E-state index in [1.165, 1.54) is 0 Å². The maximum atomic E-state index is 11.0. The summed E-state index contributed by atoms with van der Waals surface area (Å²) in [6.45, 7) is 5.95. The highest BCUT2D eigenvalue weighted by Crippen LogP contribution is 2.13. The van der Waals surface area contributed by atoms with E-state index >= 15 is 0 Å². The van der Waals surface area contributed by atoms with E-state index in [2.05, 4.69) is 6.58 Å². The third kappa shape index (κ3) is 4.30. The first-order chi connectivity index (χ1) is 7.74. The monoisotopic (exact) mass is 218 g/mol. The molecule has 2 heteroatoms. The van der Waals surface area contributed by atoms with Crippen molar-refractivity contribution >= 4 is 5.78 Å². The number of carbonyl (C=O) groups excluding carboxylic acids is 1. The first kappa shape index (κ1) is 12.5. The fourth-order valence-electron chi connectivity index (χ4n) is 1.37. The van der Waals surface area contributed by atoms with Gasteiger partial charge in [-0.25, -0.2) is 0 Å². The minimum atomic E-state index is 0.0810. The molecule has 0 radical (unpaired) electrons. The summed E-state index contributed by atoms with van der Waals surface area (Å²) in [6, 6.07) is 7.26. The van der Waals surface area contributed by atoms with Crippen molar-refractivity contribution in [1.29, 1.82) is 0 Å². The van der Waals surface area contributed by atoms with E-state index in [-0.39, 0.29) is 5.78 Å². The first-order valence-corrected chi connectivity index (χ1v) is 5.58. The van der Waals surface area contributed by atoms with Crippen molar-refractivity contribution in [3.8, 4) is 5.75 Å². The summed E-state index contributed by atoms with van der Waals surface area (Å²) in [4.78, 5) is 11.0. The van der Waals surface area contributed by atoms with Crippen LogP contribution in [0.3, 0.4) is 0 Å². The second-order valence-corrected chi connectivity index (χ2v) is 3.71. The zero-order chi connectivity index (χ0) is 11.8. The largest absolute Gasteiger partial charge is 0.494 e. The van der Waals surface area contributed by atoms with E-state index in [9.17, 15) is 4.79 Å². The molecule has 0 saturated heterocycles. The molecule has 0 bridgehead atoms. The molecule has 0 atom stereocenters. The van der Waals surface area contributed by atoms with E-state index in [0.29, 0.717) is 6.61 Å². The Hall–Kier alpha value is -1.57. The number of carbonyl (C=O) groups is 1. The van der Waals surface area contributed by atoms with Crippen molar-refractivity contribution in [3.05, 3.63) is 42.5 Å². The predicted molar refractivity (Wildman–Crippen MR) is 66.0 cm³/mol. The molecule has 0 amide bonds. The van der Waals surface area contributed by atoms with Crippen LogP contribution in [0.15, 0.2) is 36.9 Å². The van der Waals surface area contributed by atoms with Crippen LogP contribution in [0.2, 0.25) is 0 Å². The third-order valence-electron chi connectivity index (χ3n) is 2.33. The minimum absolute atomic E-state index is 0.0810. The van der Waals surface area contributed by atoms with E-state index in [1.807, 2.05) is 18.2 Å². The summed E-state index contributed by atoms with van der Waals surface area (Å²) < 4.78 is 5.54. The molecule has 0 aliphatic rings. The molecule has 0 unspecified atom stereocenters. The Labute approximate surface area is 96.9 Å². The SMILES string of the molecule is C=CCCCCOc1ccc(C(C)=O)cc1. The number of rotatable bonds is 7. The van der Waals surface area contributed by atoms with Crippen LogP contribution in [0.25, 0.3) is 0 Å². The summed E-state index contributed by atoms with van der Waals surface area (Å²) in [5.41, 5.74) is 0.721. The number of unbranched alkanes of at least 4 members (excludes halogenated alkanes) is 2. The average Bonchev–Trinajstić information content (AvgIpc) is 2.29. The average molecular weight is 218 g/mol. The minimum Gasteiger partial charge on any atom is -0.494 e. The van der Waals surface area contributed by atoms with E-state index in [0.717, 1.165) is 30.6 Å². The predicted octanol–water partition coefficient (Wildman–Crippen LogP) is 3.62. The fraction of sp³-hybridized carbons (Fsp3) is 0.357. The van der Waals surface area contributed by atoms with E-state index < -0.39 is 0 Å². The number of hydrogen-bond donors (Lipinski definition) is 0. The Morgan fingerprint density at radius 1 is 1.31 bits per heavy atom. The highest BCUT2D eigenvalue weighted by Gasteiger charge is 1.99. The summed E-state index contributed by atoms with van der Waals surface area (Å²) >= 11 is 0. The third-order valence-corrected chi connectivity index (χ3v) is 2.33. The molecule has 1 aromatic rings. The van der Waals surface area contributed by atoms with Crippen molar-refractivity contribution in [2.24, 2.45) is 0 Å². The number of Topliss-reactive ketones (excluding diaryl/α,β-unsaturated/α-hetero) is 1. The quantitative estimate of drug-likeness (QED) is 0.397. The van der Waals surface area contributed by atoms with Crippen LogP contribution in [0.5, 0.6) is 5.75 Å². The second kappa shape index (κ2) is 6.83. The fourth-order valence-corrected chi connectivity index (χ4v) is 1.37. The van der Waals surface area contributed by atoms with Crippen LogP contribution in [0.4, 0.5) is 0 Å². The van der Waals surface area contributed by atoms with Gasteiger partial charge in [-0.2, -0.15) is 0 Å². The highest BCUT2D eigenvalue weighted by atomic mass is 16.5. The molecule has 0 fully saturated rings. The standard InChI is InChI=1S/C14H18O2/c1-3-4-5-6-11-16-14-9-7-13(8-10-14)12(2)15/h3,7-10H,1,4-6,11H2,2H3. The van der Waals surface area contributed by atoms with Crippen molar-refractivity contribution in [2.75, 3.05) is 6.61 Å². The molecule has 0 aromatic heterocycles. The first-order valence-electron chi connectivity index (χ1n) is 5.58. The van der Waals surface area contributed by atoms with Gasteiger partial charge in [0.2, 0.25) is 0 Å². The van der Waals surface area contributed by atoms with Crippen molar-refractivity contribution in [2.45, 2.75) is 26.2 Å². The second-order valence-electron chi connectivity index (χ2n) is 3.71. The smallest absolute Gasteiger partial charge is 0.159 e. The molecule has 1 rings (SSSR count). The maximum absolute atomic E-state index is 11.0. The molecular weight excluding hydrogens is 200 g/mol. The van der Waals surface area contributed by atoms with E-state index in [1.54, 1.807) is 19.1 Å². The van der Waals surface area contributed by atoms with Crippen LogP contribution in [-0.2, 0) is 0 Å². The Bertz CT molecular complexity index is 338. The summed E-state index contributed by atoms with van der Waals surface area (Å²) in [5, 5.41) is 0. The van der Waals surface area contributed by atoms with Gasteiger partial charge in [0.05, 0.1) is 6.61 Å². The van der Waals surface area contributed by atoms with Crippen LogP contribution in [-0.4, -0.2) is 12.4 Å². The van der Waals surface area contributed by atoms with Crippen LogP contribution in [0.1, 0.15) is 36.5 Å². The molecule has 0 spiro atoms. The highest BCUT2D eigenvalue weighted by molar-refractivity contribution is 5.94. The summed E-state index contributed by atoms with van der Waals surface area (Å²) in [6.07, 6.45) is 5.09. The number of ketones is 1. The Morgan fingerprint density at radius 3 is 2.56 bits per heavy atom. The van der Waals surface area contributed by atoms with Crippen LogP contribution in [0, 0.1) is 0 Å². The lowest BCUT2D eigenvalue weighted by Crippen LogP contribution is -1.98. The van der Waals surface area contributed by atoms with Gasteiger partial charge in [-0.1, -0.05) is 6.08 Å². The molecular formula is C14H18O2. The Kier molecular flexibility index (Phi) is 5.34. The van der Waals surface area contributed by atoms with Crippen molar-refractivity contribution < 1.29 is 9.53 Å². The Morgan fingerprint density at radius 2 is 2.00 bits per heavy atom. The van der Waals surface area contributed by atoms with Gasteiger partial charge < -0.3 is 4.74 Å². The van der Waals surface area contributed by atoms with Crippen LogP contribution < -0.4 is 4.74 Å². The lowest BCUT2D eigenvalue weighted by Gasteiger charge is -2.05. The van der Waals surface area contributed by atoms with Gasteiger partial charge in [-0.3, -0.25) is 4.79 Å². The molecule has 0 heterocycles. The van der Waals surface area contributed by atoms with Gasteiger partial charge in [0.15, 0.2) is 5.78 Å². The lowest BCUT2D eigenvalue weighted by molar-refractivity contribution is 0.101.